The Morgan fingerprint density at radius 3 is 2.38 bits per heavy atom. The number of hydrazine groups is 1. The number of nitrogens with zero attached hydrogens (tertiary/aromatic N) is 3. The van der Waals surface area contributed by atoms with Crippen molar-refractivity contribution in [2.24, 2.45) is 11.7 Å². The molecule has 0 saturated heterocycles. The zero-order chi connectivity index (χ0) is 23.8. The van der Waals surface area contributed by atoms with Crippen LogP contribution in [0.2, 0.25) is 0 Å². The van der Waals surface area contributed by atoms with Crippen molar-refractivity contribution >= 4 is 27.6 Å². The molecule has 2 aliphatic rings. The van der Waals surface area contributed by atoms with Crippen LogP contribution in [0.15, 0.2) is 9.59 Å². The van der Waals surface area contributed by atoms with Crippen LogP contribution in [0.3, 0.4) is 0 Å². The van der Waals surface area contributed by atoms with E-state index < -0.39 is 40.2 Å². The summed E-state index contributed by atoms with van der Waals surface area (Å²) in [4.78, 5) is 39.7. The Morgan fingerprint density at radius 2 is 1.91 bits per heavy atom. The quantitative estimate of drug-likeness (QED) is 0.635. The van der Waals surface area contributed by atoms with Crippen LogP contribution < -0.4 is 22.4 Å². The maximum absolute atomic E-state index is 13.7. The van der Waals surface area contributed by atoms with E-state index in [1.165, 1.54) is 25.5 Å². The van der Waals surface area contributed by atoms with E-state index in [4.69, 9.17) is 5.73 Å². The third kappa shape index (κ3) is 3.96. The number of urea groups is 1. The standard InChI is InChI=1S/C21H29F2N5O3S/c1-11-13(10-27(17(24)30)25-19(2,3)4)32-16-14(11)15(29)28(20(5)6-7-20)18(31)26(16)9-12-8-21(12,22)23/h12,25H,6-10H2,1-5H3,(H2,24,30). The lowest BCUT2D eigenvalue weighted by Crippen LogP contribution is -2.53. The number of primary amides is 1. The van der Waals surface area contributed by atoms with Gasteiger partial charge in [0.2, 0.25) is 0 Å². The fourth-order valence-electron chi connectivity index (χ4n) is 3.99. The highest BCUT2D eigenvalue weighted by molar-refractivity contribution is 7.18. The molecule has 0 aromatic carbocycles. The third-order valence-electron chi connectivity index (χ3n) is 6.22. The molecule has 32 heavy (non-hydrogen) atoms. The smallest absolute Gasteiger partial charge is 0.332 e. The summed E-state index contributed by atoms with van der Waals surface area (Å²) in [6, 6.07) is -0.685. The monoisotopic (exact) mass is 469 g/mol. The van der Waals surface area contributed by atoms with Gasteiger partial charge in [0, 0.05) is 29.3 Å². The van der Waals surface area contributed by atoms with E-state index in [0.717, 1.165) is 0 Å². The number of aromatic nitrogens is 2. The molecular weight excluding hydrogens is 440 g/mol. The van der Waals surface area contributed by atoms with Crippen LogP contribution >= 0.6 is 11.3 Å². The van der Waals surface area contributed by atoms with E-state index in [0.29, 0.717) is 33.5 Å². The Morgan fingerprint density at radius 1 is 1.31 bits per heavy atom. The Bertz CT molecular complexity index is 1220. The number of carbonyl (C=O) groups excluding carboxylic acids is 1. The predicted octanol–water partition coefficient (Wildman–Crippen LogP) is 2.88. The van der Waals surface area contributed by atoms with Gasteiger partial charge in [0.05, 0.1) is 17.5 Å². The minimum atomic E-state index is -2.79. The normalized spacial score (nSPS) is 21.0. The Kier molecular flexibility index (Phi) is 5.09. The maximum Gasteiger partial charge on any atom is 0.332 e. The lowest BCUT2D eigenvalue weighted by molar-refractivity contribution is 0.0950. The van der Waals surface area contributed by atoms with Crippen molar-refractivity contribution in [3.63, 3.8) is 0 Å². The molecule has 2 aliphatic carbocycles. The van der Waals surface area contributed by atoms with Gasteiger partial charge in [-0.15, -0.1) is 11.3 Å². The van der Waals surface area contributed by atoms with E-state index in [2.05, 4.69) is 5.43 Å². The van der Waals surface area contributed by atoms with Crippen LogP contribution in [-0.4, -0.2) is 31.6 Å². The SMILES string of the molecule is Cc1c(CN(NC(C)(C)C)C(N)=O)sc2c1c(=O)n(C1(C)CC1)c(=O)n2CC1CC1(F)F. The molecule has 1 atom stereocenters. The molecule has 4 rings (SSSR count). The molecule has 0 aliphatic heterocycles. The molecular formula is C21H29F2N5O3S. The number of fused-ring (bicyclic) bond motifs is 1. The molecule has 0 radical (unpaired) electrons. The number of hydrogen-bond donors (Lipinski definition) is 2. The van der Waals surface area contributed by atoms with Crippen LogP contribution in [0.25, 0.3) is 10.2 Å². The van der Waals surface area contributed by atoms with E-state index >= 15 is 0 Å². The van der Waals surface area contributed by atoms with E-state index in [1.54, 1.807) is 6.92 Å². The number of hydrogen-bond acceptors (Lipinski definition) is 5. The second-order valence-electron chi connectivity index (χ2n) is 10.3. The molecule has 2 aromatic heterocycles. The molecule has 0 spiro atoms. The van der Waals surface area contributed by atoms with Crippen molar-refractivity contribution in [2.45, 2.75) is 84.0 Å². The molecule has 176 valence electrons. The van der Waals surface area contributed by atoms with Gasteiger partial charge in [0.1, 0.15) is 4.83 Å². The average molecular weight is 470 g/mol. The van der Waals surface area contributed by atoms with E-state index in [-0.39, 0.29) is 19.5 Å². The summed E-state index contributed by atoms with van der Waals surface area (Å²) in [6.45, 7) is 9.17. The first-order valence-corrected chi connectivity index (χ1v) is 11.5. The average Bonchev–Trinajstić information content (AvgIpc) is 3.48. The molecule has 2 amide bonds. The van der Waals surface area contributed by atoms with Crippen LogP contribution in [0.1, 0.15) is 57.4 Å². The molecule has 2 heterocycles. The Hall–Kier alpha value is -2.27. The van der Waals surface area contributed by atoms with Crippen molar-refractivity contribution in [1.29, 1.82) is 0 Å². The summed E-state index contributed by atoms with van der Waals surface area (Å²) in [5, 5.41) is 1.61. The number of alkyl halides is 2. The van der Waals surface area contributed by atoms with Crippen molar-refractivity contribution in [1.82, 2.24) is 19.6 Å². The zero-order valence-corrected chi connectivity index (χ0v) is 19.7. The Labute approximate surface area is 188 Å². The van der Waals surface area contributed by atoms with Crippen molar-refractivity contribution in [3.8, 4) is 0 Å². The van der Waals surface area contributed by atoms with Crippen LogP contribution in [-0.2, 0) is 18.6 Å². The first-order valence-electron chi connectivity index (χ1n) is 10.7. The van der Waals surface area contributed by atoms with E-state index in [9.17, 15) is 23.2 Å². The van der Waals surface area contributed by atoms with Crippen LogP contribution in [0, 0.1) is 12.8 Å². The minimum Gasteiger partial charge on any atom is -0.350 e. The van der Waals surface area contributed by atoms with E-state index in [1.807, 2.05) is 27.7 Å². The lowest BCUT2D eigenvalue weighted by Gasteiger charge is -2.30. The maximum atomic E-state index is 13.7. The van der Waals surface area contributed by atoms with Crippen molar-refractivity contribution < 1.29 is 13.6 Å². The third-order valence-corrected chi connectivity index (χ3v) is 7.52. The second kappa shape index (κ2) is 7.11. The summed E-state index contributed by atoms with van der Waals surface area (Å²) >= 11 is 1.18. The van der Waals surface area contributed by atoms with Gasteiger partial charge in [-0.3, -0.25) is 18.9 Å². The van der Waals surface area contributed by atoms with Gasteiger partial charge < -0.3 is 5.73 Å². The molecule has 3 N–H and O–H groups in total. The zero-order valence-electron chi connectivity index (χ0n) is 18.9. The molecule has 11 heteroatoms. The Balaban J connectivity index is 1.86. The number of rotatable bonds is 6. The highest BCUT2D eigenvalue weighted by Crippen LogP contribution is 2.50. The largest absolute Gasteiger partial charge is 0.350 e. The highest BCUT2D eigenvalue weighted by Gasteiger charge is 2.57. The van der Waals surface area contributed by atoms with Gasteiger partial charge in [-0.05, 0) is 53.0 Å². The lowest BCUT2D eigenvalue weighted by atomic mass is 10.1. The molecule has 8 nitrogen and oxygen atoms in total. The fraction of sp³-hybridized carbons (Fsp3) is 0.667. The fourth-order valence-corrected chi connectivity index (χ4v) is 5.28. The first-order chi connectivity index (χ1) is 14.6. The van der Waals surface area contributed by atoms with Crippen molar-refractivity contribution in [2.75, 3.05) is 0 Å². The number of halogens is 2. The number of thiophene rings is 1. The first kappa shape index (κ1) is 22.9. The van der Waals surface area contributed by atoms with Gasteiger partial charge in [0.15, 0.2) is 0 Å². The van der Waals surface area contributed by atoms with Crippen LogP contribution in [0.5, 0.6) is 0 Å². The summed E-state index contributed by atoms with van der Waals surface area (Å²) in [7, 11) is 0. The number of aryl methyl sites for hydroxylation is 1. The van der Waals surface area contributed by atoms with Gasteiger partial charge in [-0.1, -0.05) is 0 Å². The minimum absolute atomic E-state index is 0.0856. The summed E-state index contributed by atoms with van der Waals surface area (Å²) in [5.74, 6) is -3.71. The number of nitrogens with two attached hydrogens (primary N) is 1. The van der Waals surface area contributed by atoms with Gasteiger partial charge >= 0.3 is 11.7 Å². The summed E-state index contributed by atoms with van der Waals surface area (Å²) < 4.78 is 30.0. The van der Waals surface area contributed by atoms with Gasteiger partial charge in [-0.25, -0.2) is 23.8 Å². The molecule has 2 aromatic rings. The van der Waals surface area contributed by atoms with Crippen LogP contribution in [0.4, 0.5) is 13.6 Å². The summed E-state index contributed by atoms with van der Waals surface area (Å²) in [6.07, 6.45) is 1.11. The van der Waals surface area contributed by atoms with Crippen molar-refractivity contribution in [3.05, 3.63) is 31.3 Å². The molecule has 2 fully saturated rings. The number of carbonyl (C=O) groups is 1. The molecule has 1 unspecified atom stereocenters. The summed E-state index contributed by atoms with van der Waals surface area (Å²) in [5.41, 5.74) is 7.23. The van der Waals surface area contributed by atoms with Gasteiger partial charge in [-0.2, -0.15) is 0 Å². The number of nitrogens with one attached hydrogen (secondary N) is 1. The molecule has 2 saturated carbocycles. The highest BCUT2D eigenvalue weighted by atomic mass is 32.1. The predicted molar refractivity (Wildman–Crippen MR) is 119 cm³/mol. The molecule has 0 bridgehead atoms. The second-order valence-corrected chi connectivity index (χ2v) is 11.4. The number of amides is 2. The topological polar surface area (TPSA) is 102 Å². The van der Waals surface area contributed by atoms with Gasteiger partial charge in [0.25, 0.3) is 11.5 Å².